The van der Waals surface area contributed by atoms with Gasteiger partial charge in [-0.15, -0.1) is 0 Å². The summed E-state index contributed by atoms with van der Waals surface area (Å²) in [7, 11) is 3.23. The van der Waals surface area contributed by atoms with Gasteiger partial charge in [0.25, 0.3) is 0 Å². The number of azo groups is 2. The van der Waals surface area contributed by atoms with E-state index in [1.54, 1.807) is 28.1 Å². The zero-order valence-corrected chi connectivity index (χ0v) is 24.6. The summed E-state index contributed by atoms with van der Waals surface area (Å²) in [6, 6.07) is 14.4. The van der Waals surface area contributed by atoms with Crippen LogP contribution in [0, 0.1) is 0 Å². The van der Waals surface area contributed by atoms with Gasteiger partial charge < -0.3 is 23.8 Å². The highest BCUT2D eigenvalue weighted by atomic mass is 16.5. The Morgan fingerprint density at radius 3 is 1.84 bits per heavy atom. The van der Waals surface area contributed by atoms with Crippen LogP contribution in [-0.2, 0) is 32.2 Å². The molecule has 43 heavy (non-hydrogen) atoms. The molecule has 2 aromatic carbocycles. The van der Waals surface area contributed by atoms with E-state index < -0.39 is 23.8 Å². The summed E-state index contributed by atoms with van der Waals surface area (Å²) in [5, 5.41) is 4.20. The first-order chi connectivity index (χ1) is 20.8. The molecule has 1 aromatic heterocycles. The molecule has 0 saturated heterocycles. The Bertz CT molecular complexity index is 1440. The van der Waals surface area contributed by atoms with Crippen molar-refractivity contribution in [3.05, 3.63) is 89.4 Å². The van der Waals surface area contributed by atoms with Gasteiger partial charge in [-0.05, 0) is 54.4 Å². The number of rotatable bonds is 14. The summed E-state index contributed by atoms with van der Waals surface area (Å²) in [5.41, 5.74) is 2.25. The minimum atomic E-state index is -1.05. The predicted octanol–water partition coefficient (Wildman–Crippen LogP) is 3.74. The number of ketones is 1. The van der Waals surface area contributed by atoms with Crippen LogP contribution in [0.1, 0.15) is 35.3 Å². The van der Waals surface area contributed by atoms with E-state index in [0.717, 1.165) is 27.3 Å². The van der Waals surface area contributed by atoms with Crippen molar-refractivity contribution in [2.24, 2.45) is 5.11 Å². The highest BCUT2D eigenvalue weighted by Crippen LogP contribution is 2.21. The number of aromatic nitrogens is 2. The van der Waals surface area contributed by atoms with E-state index >= 15 is 0 Å². The highest BCUT2D eigenvalue weighted by Gasteiger charge is 2.39. The van der Waals surface area contributed by atoms with E-state index in [2.05, 4.69) is 15.1 Å². The third-order valence-corrected chi connectivity index (χ3v) is 6.47. The molecule has 2 heterocycles. The summed E-state index contributed by atoms with van der Waals surface area (Å²) in [6.45, 7) is 4.30. The van der Waals surface area contributed by atoms with Crippen LogP contribution in [0.5, 0.6) is 11.5 Å². The number of ether oxygens (including phenoxy) is 4. The smallest absolute Gasteiger partial charge is 0.405 e. The maximum Gasteiger partial charge on any atom is 0.405 e. The number of hydrogen-bond acceptors (Lipinski definition) is 11. The third-order valence-electron chi connectivity index (χ3n) is 6.47. The molecule has 12 heteroatoms. The minimum Gasteiger partial charge on any atom is -0.497 e. The fourth-order valence-corrected chi connectivity index (χ4v) is 4.28. The Balaban J connectivity index is 1.54. The van der Waals surface area contributed by atoms with Crippen molar-refractivity contribution in [2.45, 2.75) is 33.0 Å². The summed E-state index contributed by atoms with van der Waals surface area (Å²) < 4.78 is 21.8. The van der Waals surface area contributed by atoms with Crippen LogP contribution in [0.3, 0.4) is 0 Å². The summed E-state index contributed by atoms with van der Waals surface area (Å²) in [6.07, 6.45) is 4.21. The molecule has 0 spiro atoms. The quantitative estimate of drug-likeness (QED) is 0.156. The second-order valence-electron chi connectivity index (χ2n) is 9.39. The van der Waals surface area contributed by atoms with Crippen LogP contribution in [0.15, 0.2) is 77.8 Å². The maximum atomic E-state index is 13.2. The molecule has 0 radical (unpaired) electrons. The summed E-state index contributed by atoms with van der Waals surface area (Å²) in [4.78, 5) is 48.9. The van der Waals surface area contributed by atoms with E-state index in [0.29, 0.717) is 19.0 Å². The normalized spacial score (nSPS) is 13.9. The molecule has 0 amide bonds. The fourth-order valence-electron chi connectivity index (χ4n) is 4.28. The van der Waals surface area contributed by atoms with Gasteiger partial charge in [0.15, 0.2) is 0 Å². The molecule has 0 fully saturated rings. The zero-order valence-electron chi connectivity index (χ0n) is 24.6. The Kier molecular flexibility index (Phi) is 10.5. The van der Waals surface area contributed by atoms with E-state index in [9.17, 15) is 14.4 Å². The van der Waals surface area contributed by atoms with Crippen molar-refractivity contribution in [1.29, 1.82) is 0 Å². The standard InChI is InChI=1S/C31H34N5O7/c1-5-42-29(38)26-15-27(30(39)43-6-2)36(34-26)20-28(37)23-16-32-31(33-17-23)35(18-21-7-11-24(40-3)12-8-21)19-22-9-13-25(41-4)14-10-22/h7-17,26H,5-6,18-20H2,1-4H3/q+1. The number of Topliss-reactive ketones (excluding diaryl/α,β-unsaturated/α-hetero) is 1. The maximum absolute atomic E-state index is 13.2. The first-order valence-electron chi connectivity index (χ1n) is 13.7. The average molecular weight is 589 g/mol. The van der Waals surface area contributed by atoms with Crippen molar-refractivity contribution < 1.29 is 38.0 Å². The van der Waals surface area contributed by atoms with Crippen molar-refractivity contribution in [3.8, 4) is 11.5 Å². The molecular formula is C31H34N5O7+. The van der Waals surface area contributed by atoms with Gasteiger partial charge >= 0.3 is 17.6 Å². The van der Waals surface area contributed by atoms with Crippen LogP contribution in [-0.4, -0.2) is 72.4 Å². The zero-order chi connectivity index (χ0) is 30.8. The van der Waals surface area contributed by atoms with Crippen LogP contribution >= 0.6 is 0 Å². The Hall–Kier alpha value is -5.13. The van der Waals surface area contributed by atoms with Gasteiger partial charge in [0.05, 0.1) is 33.0 Å². The van der Waals surface area contributed by atoms with Crippen molar-refractivity contribution >= 4 is 23.7 Å². The number of hydrogen-bond donors (Lipinski definition) is 0. The Morgan fingerprint density at radius 2 is 1.35 bits per heavy atom. The molecule has 1 unspecified atom stereocenters. The molecule has 12 nitrogen and oxygen atoms in total. The minimum absolute atomic E-state index is 0.00375. The number of anilines is 1. The van der Waals surface area contributed by atoms with Gasteiger partial charge in [0.2, 0.25) is 24.3 Å². The van der Waals surface area contributed by atoms with Crippen LogP contribution < -0.4 is 14.4 Å². The average Bonchev–Trinajstić information content (AvgIpc) is 3.46. The van der Waals surface area contributed by atoms with Crippen molar-refractivity contribution in [3.63, 3.8) is 0 Å². The molecule has 1 aliphatic heterocycles. The molecule has 0 aliphatic carbocycles. The van der Waals surface area contributed by atoms with E-state index in [1.807, 2.05) is 53.4 Å². The van der Waals surface area contributed by atoms with Crippen LogP contribution in [0.2, 0.25) is 0 Å². The number of nitrogens with zero attached hydrogens (tertiary/aromatic N) is 5. The SMILES string of the molecule is CCOC(=O)C1=CC(C(=O)OCC)N=[N+]1CC(=O)c1cnc(N(Cc2ccc(OC)cc2)Cc2ccc(OC)cc2)nc1. The number of carbonyl (C=O) groups excluding carboxylic acids is 3. The summed E-state index contributed by atoms with van der Waals surface area (Å²) in [5.74, 6) is 0.217. The van der Waals surface area contributed by atoms with Gasteiger partial charge in [-0.1, -0.05) is 29.0 Å². The highest BCUT2D eigenvalue weighted by molar-refractivity contribution is 5.97. The molecule has 4 rings (SSSR count). The first kappa shape index (κ1) is 30.8. The largest absolute Gasteiger partial charge is 0.497 e. The predicted molar refractivity (Wildman–Crippen MR) is 155 cm³/mol. The van der Waals surface area contributed by atoms with Crippen LogP contribution in [0.25, 0.3) is 0 Å². The van der Waals surface area contributed by atoms with E-state index in [1.165, 1.54) is 18.5 Å². The molecule has 0 N–H and O–H groups in total. The first-order valence-corrected chi connectivity index (χ1v) is 13.7. The molecule has 0 bridgehead atoms. The lowest BCUT2D eigenvalue weighted by molar-refractivity contribution is -0.524. The second-order valence-corrected chi connectivity index (χ2v) is 9.39. The van der Waals surface area contributed by atoms with E-state index in [4.69, 9.17) is 18.9 Å². The number of methoxy groups -OCH3 is 2. The molecular weight excluding hydrogens is 554 g/mol. The van der Waals surface area contributed by atoms with Crippen LogP contribution in [0.4, 0.5) is 5.95 Å². The Labute approximate surface area is 249 Å². The lowest BCUT2D eigenvalue weighted by atomic mass is 10.1. The van der Waals surface area contributed by atoms with Crippen molar-refractivity contribution in [1.82, 2.24) is 9.97 Å². The lowest BCUT2D eigenvalue weighted by Gasteiger charge is -2.23. The van der Waals surface area contributed by atoms with Crippen molar-refractivity contribution in [2.75, 3.05) is 38.9 Å². The van der Waals surface area contributed by atoms with Gasteiger partial charge in [0.1, 0.15) is 11.5 Å². The van der Waals surface area contributed by atoms with Gasteiger partial charge in [-0.3, -0.25) is 4.79 Å². The van der Waals surface area contributed by atoms with E-state index in [-0.39, 0.29) is 31.0 Å². The molecule has 1 atom stereocenters. The number of carbonyl (C=O) groups is 3. The number of benzene rings is 2. The lowest BCUT2D eigenvalue weighted by Crippen LogP contribution is -2.25. The fraction of sp³-hybridized carbons (Fsp3) is 0.323. The molecule has 0 saturated carbocycles. The van der Waals surface area contributed by atoms with Gasteiger partial charge in [-0.2, -0.15) is 0 Å². The molecule has 1 aliphatic rings. The monoisotopic (exact) mass is 588 g/mol. The third kappa shape index (κ3) is 8.00. The Morgan fingerprint density at radius 1 is 0.814 bits per heavy atom. The summed E-state index contributed by atoms with van der Waals surface area (Å²) >= 11 is 0. The molecule has 3 aromatic rings. The number of esters is 2. The topological polar surface area (TPSA) is 133 Å². The second kappa shape index (κ2) is 14.7. The molecule has 224 valence electrons. The van der Waals surface area contributed by atoms with Gasteiger partial charge in [0, 0.05) is 31.6 Å². The van der Waals surface area contributed by atoms with Gasteiger partial charge in [-0.25, -0.2) is 19.6 Å².